The van der Waals surface area contributed by atoms with Crippen LogP contribution >= 0.6 is 0 Å². The van der Waals surface area contributed by atoms with Crippen molar-refractivity contribution in [3.8, 4) is 0 Å². The largest absolute Gasteiger partial charge is 0.371 e. The fraction of sp³-hybridized carbons (Fsp3) is 0.706. The number of nitrogens with zero attached hydrogens (tertiary/aromatic N) is 2. The molecule has 1 fully saturated rings. The van der Waals surface area contributed by atoms with E-state index in [2.05, 4.69) is 55.9 Å². The Labute approximate surface area is 123 Å². The lowest BCUT2D eigenvalue weighted by atomic mass is 9.95. The molecule has 0 aromatic carbocycles. The minimum atomic E-state index is 0.506. The molecule has 0 spiro atoms. The van der Waals surface area contributed by atoms with Gasteiger partial charge >= 0.3 is 0 Å². The number of aromatic nitrogens is 1. The van der Waals surface area contributed by atoms with Crippen LogP contribution in [0.25, 0.3) is 0 Å². The summed E-state index contributed by atoms with van der Waals surface area (Å²) in [5.74, 6) is 1.61. The highest BCUT2D eigenvalue weighted by molar-refractivity contribution is 5.54. The van der Waals surface area contributed by atoms with Crippen molar-refractivity contribution in [2.24, 2.45) is 11.8 Å². The Kier molecular flexibility index (Phi) is 5.03. The van der Waals surface area contributed by atoms with Gasteiger partial charge in [-0.2, -0.15) is 0 Å². The van der Waals surface area contributed by atoms with Gasteiger partial charge in [-0.15, -0.1) is 0 Å². The average molecular weight is 275 g/mol. The van der Waals surface area contributed by atoms with Crippen molar-refractivity contribution >= 4 is 5.69 Å². The molecule has 0 bridgehead atoms. The molecule has 112 valence electrons. The second-order valence-corrected chi connectivity index (χ2v) is 6.73. The van der Waals surface area contributed by atoms with Crippen LogP contribution in [0.3, 0.4) is 0 Å². The van der Waals surface area contributed by atoms with E-state index in [4.69, 9.17) is 0 Å². The predicted octanol–water partition coefficient (Wildman–Crippen LogP) is 3.37. The molecule has 0 radical (unpaired) electrons. The topological polar surface area (TPSA) is 28.2 Å². The normalized spacial score (nSPS) is 19.4. The summed E-state index contributed by atoms with van der Waals surface area (Å²) in [6.07, 6.45) is 3.36. The van der Waals surface area contributed by atoms with Gasteiger partial charge in [-0.25, -0.2) is 0 Å². The van der Waals surface area contributed by atoms with Crippen molar-refractivity contribution < 1.29 is 0 Å². The predicted molar refractivity (Wildman–Crippen MR) is 86.1 cm³/mol. The van der Waals surface area contributed by atoms with Crippen LogP contribution < -0.4 is 10.2 Å². The van der Waals surface area contributed by atoms with Crippen LogP contribution in [0.5, 0.6) is 0 Å². The maximum atomic E-state index is 4.48. The molecular formula is C17H29N3. The van der Waals surface area contributed by atoms with Crippen molar-refractivity contribution in [3.63, 3.8) is 0 Å². The summed E-state index contributed by atoms with van der Waals surface area (Å²) >= 11 is 0. The first-order chi connectivity index (χ1) is 9.47. The van der Waals surface area contributed by atoms with E-state index in [-0.39, 0.29) is 0 Å². The van der Waals surface area contributed by atoms with Crippen molar-refractivity contribution in [3.05, 3.63) is 23.5 Å². The molecule has 1 aliphatic rings. The van der Waals surface area contributed by atoms with Crippen LogP contribution in [-0.2, 0) is 6.54 Å². The molecule has 1 saturated heterocycles. The highest BCUT2D eigenvalue weighted by Gasteiger charge is 2.26. The van der Waals surface area contributed by atoms with E-state index in [9.17, 15) is 0 Å². The summed E-state index contributed by atoms with van der Waals surface area (Å²) < 4.78 is 0. The first-order valence-electron chi connectivity index (χ1n) is 7.91. The summed E-state index contributed by atoms with van der Waals surface area (Å²) in [6, 6.07) is 2.76. The summed E-state index contributed by atoms with van der Waals surface area (Å²) in [5, 5.41) is 3.51. The van der Waals surface area contributed by atoms with Crippen LogP contribution in [0.2, 0.25) is 0 Å². The van der Waals surface area contributed by atoms with E-state index in [0.29, 0.717) is 6.04 Å². The molecule has 2 rings (SSSR count). The molecule has 0 saturated carbocycles. The molecule has 1 unspecified atom stereocenters. The standard InChI is InChI=1S/C17H29N3/c1-12(2)15-6-7-20(11-15)17-8-14(5)19-10-16(17)9-18-13(3)4/h8,10,12-13,15,18H,6-7,9,11H2,1-5H3. The van der Waals surface area contributed by atoms with E-state index in [1.165, 1.54) is 30.8 Å². The summed E-state index contributed by atoms with van der Waals surface area (Å²) in [5.41, 5.74) is 3.82. The third kappa shape index (κ3) is 3.72. The minimum Gasteiger partial charge on any atom is -0.371 e. The zero-order valence-electron chi connectivity index (χ0n) is 13.6. The fourth-order valence-electron chi connectivity index (χ4n) is 2.87. The Morgan fingerprint density at radius 1 is 1.35 bits per heavy atom. The van der Waals surface area contributed by atoms with Gasteiger partial charge in [0.25, 0.3) is 0 Å². The molecular weight excluding hydrogens is 246 g/mol. The molecule has 1 aromatic heterocycles. The highest BCUT2D eigenvalue weighted by Crippen LogP contribution is 2.30. The average Bonchev–Trinajstić information content (AvgIpc) is 2.86. The zero-order valence-corrected chi connectivity index (χ0v) is 13.6. The molecule has 20 heavy (non-hydrogen) atoms. The third-order valence-electron chi connectivity index (χ3n) is 4.31. The Bertz CT molecular complexity index is 440. The molecule has 2 heterocycles. The molecule has 1 aliphatic heterocycles. The number of pyridine rings is 1. The van der Waals surface area contributed by atoms with E-state index in [0.717, 1.165) is 24.1 Å². The lowest BCUT2D eigenvalue weighted by molar-refractivity contribution is 0.422. The Morgan fingerprint density at radius 2 is 2.10 bits per heavy atom. The van der Waals surface area contributed by atoms with Gasteiger partial charge in [-0.05, 0) is 31.2 Å². The van der Waals surface area contributed by atoms with Crippen LogP contribution in [0.4, 0.5) is 5.69 Å². The fourth-order valence-corrected chi connectivity index (χ4v) is 2.87. The Balaban J connectivity index is 2.15. The van der Waals surface area contributed by atoms with Gasteiger partial charge in [-0.1, -0.05) is 27.7 Å². The Hall–Kier alpha value is -1.09. The lowest BCUT2D eigenvalue weighted by Gasteiger charge is -2.24. The lowest BCUT2D eigenvalue weighted by Crippen LogP contribution is -2.26. The number of nitrogens with one attached hydrogen (secondary N) is 1. The van der Waals surface area contributed by atoms with Gasteiger partial charge in [-0.3, -0.25) is 4.98 Å². The van der Waals surface area contributed by atoms with Gasteiger partial charge in [0.2, 0.25) is 0 Å². The second kappa shape index (κ2) is 6.57. The van der Waals surface area contributed by atoms with Gasteiger partial charge < -0.3 is 10.2 Å². The minimum absolute atomic E-state index is 0.506. The van der Waals surface area contributed by atoms with E-state index in [1.54, 1.807) is 0 Å². The highest BCUT2D eigenvalue weighted by atomic mass is 15.2. The molecule has 1 atom stereocenters. The maximum Gasteiger partial charge on any atom is 0.0445 e. The van der Waals surface area contributed by atoms with Gasteiger partial charge in [0, 0.05) is 48.8 Å². The molecule has 0 amide bonds. The second-order valence-electron chi connectivity index (χ2n) is 6.73. The number of hydrogen-bond acceptors (Lipinski definition) is 3. The van der Waals surface area contributed by atoms with Gasteiger partial charge in [0.1, 0.15) is 0 Å². The van der Waals surface area contributed by atoms with Crippen molar-refractivity contribution in [1.82, 2.24) is 10.3 Å². The van der Waals surface area contributed by atoms with E-state index >= 15 is 0 Å². The molecule has 1 N–H and O–H groups in total. The molecule has 0 aliphatic carbocycles. The molecule has 3 heteroatoms. The zero-order chi connectivity index (χ0) is 14.7. The van der Waals surface area contributed by atoms with E-state index < -0.39 is 0 Å². The summed E-state index contributed by atoms with van der Waals surface area (Å²) in [6.45, 7) is 14.4. The van der Waals surface area contributed by atoms with Gasteiger partial charge in [0.05, 0.1) is 0 Å². The van der Waals surface area contributed by atoms with E-state index in [1.807, 2.05) is 6.20 Å². The SMILES string of the molecule is Cc1cc(N2CCC(C(C)C)C2)c(CNC(C)C)cn1. The number of anilines is 1. The first kappa shape index (κ1) is 15.3. The molecule has 3 nitrogen and oxygen atoms in total. The number of rotatable bonds is 5. The van der Waals surface area contributed by atoms with Crippen molar-refractivity contribution in [2.75, 3.05) is 18.0 Å². The van der Waals surface area contributed by atoms with Crippen LogP contribution in [0.15, 0.2) is 12.3 Å². The van der Waals surface area contributed by atoms with Crippen molar-refractivity contribution in [2.45, 2.75) is 53.6 Å². The quantitative estimate of drug-likeness (QED) is 0.893. The summed E-state index contributed by atoms with van der Waals surface area (Å²) in [4.78, 5) is 7.03. The first-order valence-corrected chi connectivity index (χ1v) is 7.91. The van der Waals surface area contributed by atoms with Crippen LogP contribution in [-0.4, -0.2) is 24.1 Å². The number of aryl methyl sites for hydroxylation is 1. The van der Waals surface area contributed by atoms with Crippen LogP contribution in [0.1, 0.15) is 45.4 Å². The monoisotopic (exact) mass is 275 g/mol. The van der Waals surface area contributed by atoms with Crippen molar-refractivity contribution in [1.29, 1.82) is 0 Å². The maximum absolute atomic E-state index is 4.48. The third-order valence-corrected chi connectivity index (χ3v) is 4.31. The Morgan fingerprint density at radius 3 is 2.70 bits per heavy atom. The summed E-state index contributed by atoms with van der Waals surface area (Å²) in [7, 11) is 0. The van der Waals surface area contributed by atoms with Gasteiger partial charge in [0.15, 0.2) is 0 Å². The number of hydrogen-bond donors (Lipinski definition) is 1. The smallest absolute Gasteiger partial charge is 0.0445 e. The van der Waals surface area contributed by atoms with Crippen LogP contribution in [0, 0.1) is 18.8 Å². The molecule has 1 aromatic rings.